The number of carbonyl (C=O) groups excluding carboxylic acids is 2. The molecule has 3 rings (SSSR count). The Morgan fingerprint density at radius 1 is 1.04 bits per heavy atom. The number of amides is 2. The highest BCUT2D eigenvalue weighted by atomic mass is 16.5. The van der Waals surface area contributed by atoms with Gasteiger partial charge in [-0.05, 0) is 37.6 Å². The smallest absolute Gasteiger partial charge is 0.270 e. The molecule has 0 atom stereocenters. The van der Waals surface area contributed by atoms with E-state index < -0.39 is 0 Å². The zero-order chi connectivity index (χ0) is 17.6. The fraction of sp³-hybridized carbons (Fsp3) is 0.368. The summed E-state index contributed by atoms with van der Waals surface area (Å²) in [7, 11) is 0. The molecule has 0 aliphatic carbocycles. The number of aromatic nitrogens is 1. The molecular formula is C19H23N3O3. The predicted molar refractivity (Wildman–Crippen MR) is 94.6 cm³/mol. The molecule has 1 aliphatic heterocycles. The van der Waals surface area contributed by atoms with E-state index in [1.807, 2.05) is 37.3 Å². The highest BCUT2D eigenvalue weighted by Crippen LogP contribution is 2.12. The number of benzene rings is 1. The lowest BCUT2D eigenvalue weighted by Gasteiger charge is -2.22. The summed E-state index contributed by atoms with van der Waals surface area (Å²) < 4.78 is 5.57. The topological polar surface area (TPSA) is 65.6 Å². The number of ether oxygens (including phenoxy) is 1. The van der Waals surface area contributed by atoms with Crippen LogP contribution in [-0.4, -0.2) is 59.4 Å². The van der Waals surface area contributed by atoms with Crippen molar-refractivity contribution in [3.63, 3.8) is 0 Å². The number of aryl methyl sites for hydroxylation is 1. The second-order valence-electron chi connectivity index (χ2n) is 6.21. The Bertz CT molecular complexity index is 710. The molecule has 6 heteroatoms. The maximum absolute atomic E-state index is 12.4. The number of hydrogen-bond donors (Lipinski definition) is 1. The van der Waals surface area contributed by atoms with Gasteiger partial charge in [0.1, 0.15) is 11.4 Å². The summed E-state index contributed by atoms with van der Waals surface area (Å²) >= 11 is 0. The van der Waals surface area contributed by atoms with Crippen LogP contribution in [0.4, 0.5) is 0 Å². The molecule has 1 aromatic heterocycles. The molecule has 0 spiro atoms. The van der Waals surface area contributed by atoms with Crippen LogP contribution in [0.2, 0.25) is 0 Å². The van der Waals surface area contributed by atoms with E-state index >= 15 is 0 Å². The molecule has 1 fully saturated rings. The number of hydrogen-bond acceptors (Lipinski definition) is 3. The van der Waals surface area contributed by atoms with Gasteiger partial charge in [0.05, 0.1) is 0 Å². The lowest BCUT2D eigenvalue weighted by molar-refractivity contribution is -0.133. The van der Waals surface area contributed by atoms with Crippen molar-refractivity contribution in [1.29, 1.82) is 0 Å². The molecule has 0 unspecified atom stereocenters. The lowest BCUT2D eigenvalue weighted by Crippen LogP contribution is -2.39. The largest absolute Gasteiger partial charge is 0.484 e. The van der Waals surface area contributed by atoms with Crippen LogP contribution in [0.25, 0.3) is 0 Å². The molecule has 2 amide bonds. The molecule has 1 N–H and O–H groups in total. The number of nitrogens with one attached hydrogen (secondary N) is 1. The van der Waals surface area contributed by atoms with E-state index in [4.69, 9.17) is 4.74 Å². The minimum absolute atomic E-state index is 0.0183. The van der Waals surface area contributed by atoms with Gasteiger partial charge in [-0.1, -0.05) is 17.7 Å². The van der Waals surface area contributed by atoms with E-state index in [9.17, 15) is 9.59 Å². The normalized spacial score (nSPS) is 14.9. The fourth-order valence-electron chi connectivity index (χ4n) is 2.87. The van der Waals surface area contributed by atoms with Crippen molar-refractivity contribution in [3.8, 4) is 5.75 Å². The highest BCUT2D eigenvalue weighted by Gasteiger charge is 2.23. The van der Waals surface area contributed by atoms with Gasteiger partial charge in [-0.25, -0.2) is 0 Å². The molecule has 1 aromatic carbocycles. The minimum atomic E-state index is -0.0465. The summed E-state index contributed by atoms with van der Waals surface area (Å²) in [5, 5.41) is 0. The van der Waals surface area contributed by atoms with Crippen LogP contribution in [0.1, 0.15) is 22.5 Å². The molecule has 1 aliphatic rings. The summed E-state index contributed by atoms with van der Waals surface area (Å²) in [6.45, 7) is 4.39. The number of H-pyrrole nitrogens is 1. The van der Waals surface area contributed by atoms with E-state index in [0.29, 0.717) is 37.6 Å². The van der Waals surface area contributed by atoms with Crippen molar-refractivity contribution in [2.45, 2.75) is 13.3 Å². The van der Waals surface area contributed by atoms with Gasteiger partial charge in [0.25, 0.3) is 11.8 Å². The molecular weight excluding hydrogens is 318 g/mol. The first-order valence-electron chi connectivity index (χ1n) is 8.53. The fourth-order valence-corrected chi connectivity index (χ4v) is 2.87. The Morgan fingerprint density at radius 3 is 2.48 bits per heavy atom. The monoisotopic (exact) mass is 341 g/mol. The van der Waals surface area contributed by atoms with Crippen LogP contribution >= 0.6 is 0 Å². The van der Waals surface area contributed by atoms with Gasteiger partial charge >= 0.3 is 0 Å². The van der Waals surface area contributed by atoms with E-state index in [-0.39, 0.29) is 18.4 Å². The third-order valence-corrected chi connectivity index (χ3v) is 4.35. The number of carbonyl (C=O) groups is 2. The van der Waals surface area contributed by atoms with Gasteiger partial charge in [0, 0.05) is 32.4 Å². The van der Waals surface area contributed by atoms with E-state index in [2.05, 4.69) is 4.98 Å². The van der Waals surface area contributed by atoms with Gasteiger partial charge < -0.3 is 19.5 Å². The maximum Gasteiger partial charge on any atom is 0.270 e. The zero-order valence-corrected chi connectivity index (χ0v) is 14.4. The zero-order valence-electron chi connectivity index (χ0n) is 14.4. The van der Waals surface area contributed by atoms with E-state index in [0.717, 1.165) is 12.0 Å². The first kappa shape index (κ1) is 17.1. The lowest BCUT2D eigenvalue weighted by atomic mass is 10.2. The van der Waals surface area contributed by atoms with Gasteiger partial charge in [0.2, 0.25) is 0 Å². The Kier molecular flexibility index (Phi) is 5.38. The standard InChI is InChI=1S/C19H23N3O3/c1-15-5-7-16(8-6-15)25-14-18(23)21-10-3-11-22(13-12-21)19(24)17-4-2-9-20-17/h2,4-9,20H,3,10-14H2,1H3. The summed E-state index contributed by atoms with van der Waals surface area (Å²) in [6, 6.07) is 11.2. The SMILES string of the molecule is Cc1ccc(OCC(=O)N2CCCN(C(=O)c3ccc[nH]3)CC2)cc1. The van der Waals surface area contributed by atoms with Crippen molar-refractivity contribution in [2.75, 3.05) is 32.8 Å². The molecule has 25 heavy (non-hydrogen) atoms. The summed E-state index contributed by atoms with van der Waals surface area (Å²) in [6.07, 6.45) is 2.51. The van der Waals surface area contributed by atoms with Crippen LogP contribution < -0.4 is 4.74 Å². The Morgan fingerprint density at radius 2 is 1.76 bits per heavy atom. The number of nitrogens with zero attached hydrogens (tertiary/aromatic N) is 2. The van der Waals surface area contributed by atoms with Crippen molar-refractivity contribution in [3.05, 3.63) is 53.9 Å². The molecule has 1 saturated heterocycles. The van der Waals surface area contributed by atoms with Gasteiger partial charge in [-0.15, -0.1) is 0 Å². The quantitative estimate of drug-likeness (QED) is 0.926. The van der Waals surface area contributed by atoms with Crippen molar-refractivity contribution < 1.29 is 14.3 Å². The Hall–Kier alpha value is -2.76. The molecule has 0 bridgehead atoms. The van der Waals surface area contributed by atoms with Gasteiger partial charge in [-0.2, -0.15) is 0 Å². The van der Waals surface area contributed by atoms with Crippen molar-refractivity contribution in [1.82, 2.24) is 14.8 Å². The number of rotatable bonds is 4. The van der Waals surface area contributed by atoms with E-state index in [1.54, 1.807) is 22.1 Å². The third kappa shape index (κ3) is 4.41. The molecule has 132 valence electrons. The molecule has 0 saturated carbocycles. The van der Waals surface area contributed by atoms with Crippen molar-refractivity contribution >= 4 is 11.8 Å². The Balaban J connectivity index is 1.51. The maximum atomic E-state index is 12.4. The first-order valence-corrected chi connectivity index (χ1v) is 8.53. The van der Waals surface area contributed by atoms with Crippen LogP contribution in [-0.2, 0) is 4.79 Å². The molecule has 6 nitrogen and oxygen atoms in total. The average Bonchev–Trinajstić information content (AvgIpc) is 3.05. The predicted octanol–water partition coefficient (Wildman–Crippen LogP) is 2.08. The Labute approximate surface area is 147 Å². The van der Waals surface area contributed by atoms with E-state index in [1.165, 1.54) is 0 Å². The van der Waals surface area contributed by atoms with Gasteiger partial charge in [0.15, 0.2) is 6.61 Å². The second kappa shape index (κ2) is 7.88. The second-order valence-corrected chi connectivity index (χ2v) is 6.21. The van der Waals surface area contributed by atoms with Crippen LogP contribution in [0.5, 0.6) is 5.75 Å². The summed E-state index contributed by atoms with van der Waals surface area (Å²) in [4.78, 5) is 31.3. The van der Waals surface area contributed by atoms with Crippen LogP contribution in [0.3, 0.4) is 0 Å². The molecule has 2 heterocycles. The molecule has 2 aromatic rings. The first-order chi connectivity index (χ1) is 12.1. The third-order valence-electron chi connectivity index (χ3n) is 4.35. The summed E-state index contributed by atoms with van der Waals surface area (Å²) in [5.74, 6) is 0.627. The highest BCUT2D eigenvalue weighted by molar-refractivity contribution is 5.92. The number of aromatic amines is 1. The van der Waals surface area contributed by atoms with Crippen LogP contribution in [0, 0.1) is 6.92 Å². The molecule has 0 radical (unpaired) electrons. The van der Waals surface area contributed by atoms with Gasteiger partial charge in [-0.3, -0.25) is 9.59 Å². The average molecular weight is 341 g/mol. The van der Waals surface area contributed by atoms with Crippen molar-refractivity contribution in [2.24, 2.45) is 0 Å². The van der Waals surface area contributed by atoms with Crippen LogP contribution in [0.15, 0.2) is 42.6 Å². The minimum Gasteiger partial charge on any atom is -0.484 e. The summed E-state index contributed by atoms with van der Waals surface area (Å²) in [5.41, 5.74) is 1.74.